The molecule has 1 unspecified atom stereocenters. The van der Waals surface area contributed by atoms with E-state index in [1.807, 2.05) is 11.8 Å². The molecule has 18 heavy (non-hydrogen) atoms. The number of rotatable bonds is 2. The average Bonchev–Trinajstić information content (AvgIpc) is 2.37. The van der Waals surface area contributed by atoms with Gasteiger partial charge in [-0.05, 0) is 33.2 Å². The third kappa shape index (κ3) is 2.86. The Morgan fingerprint density at radius 1 is 1.28 bits per heavy atom. The van der Waals surface area contributed by atoms with Crippen molar-refractivity contribution in [1.29, 1.82) is 0 Å². The van der Waals surface area contributed by atoms with E-state index >= 15 is 0 Å². The Balaban J connectivity index is 1.91. The van der Waals surface area contributed by atoms with Crippen molar-refractivity contribution < 1.29 is 4.79 Å². The molecule has 1 N–H and O–H groups in total. The molecule has 2 saturated heterocycles. The average molecular weight is 253 g/mol. The molecule has 2 aliphatic rings. The SMILES string of the molecule is CCC(=O)N1CCN(C2CCCNC2(C)C)CC1. The standard InChI is InChI=1S/C14H27N3O/c1-4-13(18)17-10-8-16(9-11-17)12-6-5-7-15-14(12,2)3/h12,15H,4-11H2,1-3H3. The van der Waals surface area contributed by atoms with Gasteiger partial charge in [0.05, 0.1) is 0 Å². The minimum absolute atomic E-state index is 0.204. The molecule has 2 fully saturated rings. The molecule has 4 nitrogen and oxygen atoms in total. The lowest BCUT2D eigenvalue weighted by molar-refractivity contribution is -0.133. The fraction of sp³-hybridized carbons (Fsp3) is 0.929. The molecule has 0 spiro atoms. The second-order valence-electron chi connectivity index (χ2n) is 6.08. The summed E-state index contributed by atoms with van der Waals surface area (Å²) in [7, 11) is 0. The Morgan fingerprint density at radius 2 is 1.94 bits per heavy atom. The van der Waals surface area contributed by atoms with Crippen molar-refractivity contribution in [3.05, 3.63) is 0 Å². The van der Waals surface area contributed by atoms with E-state index in [-0.39, 0.29) is 5.54 Å². The van der Waals surface area contributed by atoms with Crippen molar-refractivity contribution in [1.82, 2.24) is 15.1 Å². The van der Waals surface area contributed by atoms with Crippen LogP contribution in [0.25, 0.3) is 0 Å². The van der Waals surface area contributed by atoms with E-state index in [1.54, 1.807) is 0 Å². The van der Waals surface area contributed by atoms with E-state index in [2.05, 4.69) is 24.1 Å². The molecule has 104 valence electrons. The highest BCUT2D eigenvalue weighted by Gasteiger charge is 2.37. The Kier molecular flexibility index (Phi) is 4.28. The van der Waals surface area contributed by atoms with E-state index in [1.165, 1.54) is 12.8 Å². The van der Waals surface area contributed by atoms with Crippen molar-refractivity contribution in [2.45, 2.75) is 51.6 Å². The number of carbonyl (C=O) groups excluding carboxylic acids is 1. The normalized spacial score (nSPS) is 29.3. The van der Waals surface area contributed by atoms with Crippen LogP contribution in [0.5, 0.6) is 0 Å². The van der Waals surface area contributed by atoms with E-state index in [0.29, 0.717) is 18.4 Å². The van der Waals surface area contributed by atoms with Gasteiger partial charge in [-0.15, -0.1) is 0 Å². The van der Waals surface area contributed by atoms with Gasteiger partial charge in [0.2, 0.25) is 5.91 Å². The number of nitrogens with one attached hydrogen (secondary N) is 1. The van der Waals surface area contributed by atoms with Gasteiger partial charge in [0.1, 0.15) is 0 Å². The molecule has 0 aromatic heterocycles. The molecule has 0 aliphatic carbocycles. The van der Waals surface area contributed by atoms with Crippen LogP contribution >= 0.6 is 0 Å². The van der Waals surface area contributed by atoms with Crippen LogP contribution in [-0.2, 0) is 4.79 Å². The van der Waals surface area contributed by atoms with Gasteiger partial charge in [-0.3, -0.25) is 9.69 Å². The minimum atomic E-state index is 0.204. The molecular weight excluding hydrogens is 226 g/mol. The van der Waals surface area contributed by atoms with E-state index in [4.69, 9.17) is 0 Å². The Morgan fingerprint density at radius 3 is 2.50 bits per heavy atom. The van der Waals surface area contributed by atoms with Gasteiger partial charge < -0.3 is 10.2 Å². The van der Waals surface area contributed by atoms with Crippen LogP contribution in [-0.4, -0.2) is 60.0 Å². The highest BCUT2D eigenvalue weighted by Crippen LogP contribution is 2.25. The predicted octanol–water partition coefficient (Wildman–Crippen LogP) is 1.07. The third-order valence-electron chi connectivity index (χ3n) is 4.48. The van der Waals surface area contributed by atoms with Gasteiger partial charge in [0, 0.05) is 44.2 Å². The summed E-state index contributed by atoms with van der Waals surface area (Å²) in [6.45, 7) is 11.6. The number of hydrogen-bond acceptors (Lipinski definition) is 3. The summed E-state index contributed by atoms with van der Waals surface area (Å²) in [5, 5.41) is 3.63. The molecular formula is C14H27N3O. The van der Waals surface area contributed by atoms with Gasteiger partial charge in [-0.1, -0.05) is 6.92 Å². The van der Waals surface area contributed by atoms with Gasteiger partial charge in [-0.2, -0.15) is 0 Å². The summed E-state index contributed by atoms with van der Waals surface area (Å²) in [4.78, 5) is 16.3. The van der Waals surface area contributed by atoms with Crippen LogP contribution in [0, 0.1) is 0 Å². The summed E-state index contributed by atoms with van der Waals surface area (Å²) < 4.78 is 0. The highest BCUT2D eigenvalue weighted by atomic mass is 16.2. The third-order valence-corrected chi connectivity index (χ3v) is 4.48. The van der Waals surface area contributed by atoms with Crippen LogP contribution < -0.4 is 5.32 Å². The first-order valence-corrected chi connectivity index (χ1v) is 7.31. The first-order chi connectivity index (χ1) is 8.54. The van der Waals surface area contributed by atoms with Gasteiger partial charge >= 0.3 is 0 Å². The van der Waals surface area contributed by atoms with Crippen molar-refractivity contribution in [2.75, 3.05) is 32.7 Å². The van der Waals surface area contributed by atoms with Gasteiger partial charge in [-0.25, -0.2) is 0 Å². The van der Waals surface area contributed by atoms with Crippen LogP contribution in [0.3, 0.4) is 0 Å². The maximum absolute atomic E-state index is 11.7. The quantitative estimate of drug-likeness (QED) is 0.799. The second kappa shape index (κ2) is 5.57. The number of amides is 1. The molecule has 0 bridgehead atoms. The molecule has 2 aliphatic heterocycles. The van der Waals surface area contributed by atoms with Gasteiger partial charge in [0.15, 0.2) is 0 Å². The van der Waals surface area contributed by atoms with Crippen LogP contribution in [0.15, 0.2) is 0 Å². The van der Waals surface area contributed by atoms with Crippen LogP contribution in [0.2, 0.25) is 0 Å². The van der Waals surface area contributed by atoms with Crippen molar-refractivity contribution in [2.24, 2.45) is 0 Å². The largest absolute Gasteiger partial charge is 0.340 e. The number of nitrogens with zero attached hydrogens (tertiary/aromatic N) is 2. The van der Waals surface area contributed by atoms with E-state index in [0.717, 1.165) is 32.7 Å². The zero-order valence-electron chi connectivity index (χ0n) is 12.0. The van der Waals surface area contributed by atoms with Crippen LogP contribution in [0.1, 0.15) is 40.0 Å². The molecule has 1 atom stereocenters. The first-order valence-electron chi connectivity index (χ1n) is 7.31. The number of piperazine rings is 1. The van der Waals surface area contributed by atoms with E-state index in [9.17, 15) is 4.79 Å². The lowest BCUT2D eigenvalue weighted by atomic mass is 9.85. The second-order valence-corrected chi connectivity index (χ2v) is 6.08. The summed E-state index contributed by atoms with van der Waals surface area (Å²) in [6.07, 6.45) is 3.18. The fourth-order valence-electron chi connectivity index (χ4n) is 3.33. The molecule has 2 rings (SSSR count). The topological polar surface area (TPSA) is 35.6 Å². The molecule has 2 heterocycles. The molecule has 0 saturated carbocycles. The molecule has 0 aromatic rings. The number of carbonyl (C=O) groups is 1. The maximum atomic E-state index is 11.7. The van der Waals surface area contributed by atoms with Crippen molar-refractivity contribution >= 4 is 5.91 Å². The summed E-state index contributed by atoms with van der Waals surface area (Å²) >= 11 is 0. The van der Waals surface area contributed by atoms with Gasteiger partial charge in [0.25, 0.3) is 0 Å². The lowest BCUT2D eigenvalue weighted by Gasteiger charge is -2.48. The fourth-order valence-corrected chi connectivity index (χ4v) is 3.33. The monoisotopic (exact) mass is 253 g/mol. The van der Waals surface area contributed by atoms with Crippen molar-refractivity contribution in [3.8, 4) is 0 Å². The zero-order valence-corrected chi connectivity index (χ0v) is 12.0. The van der Waals surface area contributed by atoms with Crippen molar-refractivity contribution in [3.63, 3.8) is 0 Å². The van der Waals surface area contributed by atoms with E-state index < -0.39 is 0 Å². The summed E-state index contributed by atoms with van der Waals surface area (Å²) in [5.41, 5.74) is 0.204. The number of hydrogen-bond donors (Lipinski definition) is 1. The lowest BCUT2D eigenvalue weighted by Crippen LogP contribution is -2.63. The molecule has 0 aromatic carbocycles. The van der Waals surface area contributed by atoms with Crippen LogP contribution in [0.4, 0.5) is 0 Å². The highest BCUT2D eigenvalue weighted by molar-refractivity contribution is 5.75. The summed E-state index contributed by atoms with van der Waals surface area (Å²) in [5.74, 6) is 0.302. The smallest absolute Gasteiger partial charge is 0.222 e. The first kappa shape index (κ1) is 13.8. The maximum Gasteiger partial charge on any atom is 0.222 e. The minimum Gasteiger partial charge on any atom is -0.340 e. The molecule has 0 radical (unpaired) electrons. The Bertz CT molecular complexity index is 295. The Labute approximate surface area is 111 Å². The predicted molar refractivity (Wildman–Crippen MR) is 73.5 cm³/mol. The molecule has 4 heteroatoms. The Hall–Kier alpha value is -0.610. The summed E-state index contributed by atoms with van der Waals surface area (Å²) in [6, 6.07) is 0.616. The zero-order chi connectivity index (χ0) is 13.2. The number of piperidine rings is 1. The molecule has 1 amide bonds.